The second-order valence-electron chi connectivity index (χ2n) is 5.81. The van der Waals surface area contributed by atoms with Crippen molar-refractivity contribution < 1.29 is 14.3 Å². The Morgan fingerprint density at radius 2 is 1.74 bits per heavy atom. The highest BCUT2D eigenvalue weighted by molar-refractivity contribution is 6.03. The van der Waals surface area contributed by atoms with E-state index in [1.165, 1.54) is 13.4 Å². The third kappa shape index (κ3) is 4.52. The molecule has 138 valence electrons. The number of nitrogens with zero attached hydrogens (tertiary/aromatic N) is 2. The molecule has 0 spiro atoms. The summed E-state index contributed by atoms with van der Waals surface area (Å²) in [5.41, 5.74) is 2.83. The predicted octanol–water partition coefficient (Wildman–Crippen LogP) is 3.80. The Hall–Kier alpha value is -3.61. The van der Waals surface area contributed by atoms with E-state index in [1.807, 2.05) is 31.2 Å². The highest BCUT2D eigenvalue weighted by atomic mass is 16.5. The highest BCUT2D eigenvalue weighted by Gasteiger charge is 2.11. The summed E-state index contributed by atoms with van der Waals surface area (Å²) in [4.78, 5) is 20.7. The Morgan fingerprint density at radius 1 is 0.926 bits per heavy atom. The summed E-state index contributed by atoms with van der Waals surface area (Å²) in [7, 11) is 3.09. The lowest BCUT2D eigenvalue weighted by molar-refractivity contribution is 0.102. The molecule has 0 saturated heterocycles. The van der Waals surface area contributed by atoms with Gasteiger partial charge in [-0.05, 0) is 36.8 Å². The van der Waals surface area contributed by atoms with E-state index in [9.17, 15) is 4.79 Å². The number of benzene rings is 2. The van der Waals surface area contributed by atoms with E-state index in [1.54, 1.807) is 31.4 Å². The van der Waals surface area contributed by atoms with Crippen LogP contribution in [-0.4, -0.2) is 30.1 Å². The van der Waals surface area contributed by atoms with Crippen molar-refractivity contribution in [3.8, 4) is 11.5 Å². The van der Waals surface area contributed by atoms with Crippen LogP contribution in [-0.2, 0) is 0 Å². The van der Waals surface area contributed by atoms with Crippen molar-refractivity contribution in [2.24, 2.45) is 0 Å². The van der Waals surface area contributed by atoms with Crippen molar-refractivity contribution >= 4 is 23.1 Å². The number of ether oxygens (including phenoxy) is 2. The van der Waals surface area contributed by atoms with Gasteiger partial charge in [-0.2, -0.15) is 0 Å². The zero-order valence-corrected chi connectivity index (χ0v) is 15.3. The summed E-state index contributed by atoms with van der Waals surface area (Å²) in [5.74, 6) is 1.30. The van der Waals surface area contributed by atoms with Crippen molar-refractivity contribution in [2.45, 2.75) is 6.92 Å². The first-order valence-corrected chi connectivity index (χ1v) is 8.28. The smallest absolute Gasteiger partial charge is 0.274 e. The van der Waals surface area contributed by atoms with E-state index in [0.717, 1.165) is 11.3 Å². The Bertz CT molecular complexity index is 959. The number of carbonyl (C=O) groups excluding carboxylic acids is 1. The zero-order valence-electron chi connectivity index (χ0n) is 15.3. The van der Waals surface area contributed by atoms with Gasteiger partial charge in [0.1, 0.15) is 17.8 Å². The van der Waals surface area contributed by atoms with Crippen LogP contribution in [0.1, 0.15) is 16.1 Å². The Kier molecular flexibility index (Phi) is 5.51. The fraction of sp³-hybridized carbons (Fsp3) is 0.150. The molecule has 3 rings (SSSR count). The Morgan fingerprint density at radius 3 is 2.48 bits per heavy atom. The van der Waals surface area contributed by atoms with Gasteiger partial charge in [-0.25, -0.2) is 9.97 Å². The summed E-state index contributed by atoms with van der Waals surface area (Å²) in [6.07, 6.45) is 1.35. The minimum Gasteiger partial charge on any atom is -0.493 e. The lowest BCUT2D eigenvalue weighted by Crippen LogP contribution is -2.14. The normalized spacial score (nSPS) is 10.2. The highest BCUT2D eigenvalue weighted by Crippen LogP contribution is 2.29. The first kappa shape index (κ1) is 18.2. The van der Waals surface area contributed by atoms with Gasteiger partial charge in [-0.1, -0.05) is 12.1 Å². The molecule has 7 nitrogen and oxygen atoms in total. The average molecular weight is 364 g/mol. The molecule has 0 bridgehead atoms. The number of carbonyl (C=O) groups is 1. The predicted molar refractivity (Wildman–Crippen MR) is 104 cm³/mol. The SMILES string of the molecule is COc1ccc(NC(=O)c2cc(Nc3cccc(C)c3)ncn2)cc1OC. The number of hydrogen-bond donors (Lipinski definition) is 2. The van der Waals surface area contributed by atoms with Gasteiger partial charge in [0, 0.05) is 23.5 Å². The van der Waals surface area contributed by atoms with E-state index < -0.39 is 0 Å². The van der Waals surface area contributed by atoms with Gasteiger partial charge in [0.15, 0.2) is 11.5 Å². The molecule has 2 N–H and O–H groups in total. The van der Waals surface area contributed by atoms with Crippen molar-refractivity contribution in [3.05, 3.63) is 66.1 Å². The van der Waals surface area contributed by atoms with Crippen LogP contribution in [0.3, 0.4) is 0 Å². The third-order valence-electron chi connectivity index (χ3n) is 3.83. The standard InChI is InChI=1S/C20H20N4O3/c1-13-5-4-6-14(9-13)23-19-11-16(21-12-22-19)20(25)24-15-7-8-17(26-2)18(10-15)27-3/h4-12H,1-3H3,(H,24,25)(H,21,22,23). The van der Waals surface area contributed by atoms with Crippen molar-refractivity contribution in [1.29, 1.82) is 0 Å². The summed E-state index contributed by atoms with van der Waals surface area (Å²) in [5, 5.41) is 5.96. The molecule has 0 aliphatic heterocycles. The molecule has 7 heteroatoms. The summed E-state index contributed by atoms with van der Waals surface area (Å²) >= 11 is 0. The number of amides is 1. The van der Waals surface area contributed by atoms with Gasteiger partial charge in [0.05, 0.1) is 14.2 Å². The van der Waals surface area contributed by atoms with Crippen LogP contribution < -0.4 is 20.1 Å². The topological polar surface area (TPSA) is 85.4 Å². The molecule has 3 aromatic rings. The minimum atomic E-state index is -0.350. The molecule has 0 radical (unpaired) electrons. The maximum absolute atomic E-state index is 12.5. The Balaban J connectivity index is 1.75. The first-order valence-electron chi connectivity index (χ1n) is 8.28. The number of hydrogen-bond acceptors (Lipinski definition) is 6. The summed E-state index contributed by atoms with van der Waals surface area (Å²) in [6.45, 7) is 2.01. The van der Waals surface area contributed by atoms with Gasteiger partial charge in [0.25, 0.3) is 5.91 Å². The van der Waals surface area contributed by atoms with E-state index in [0.29, 0.717) is 23.0 Å². The molecule has 27 heavy (non-hydrogen) atoms. The van der Waals surface area contributed by atoms with Gasteiger partial charge >= 0.3 is 0 Å². The van der Waals surface area contributed by atoms with Crippen LogP contribution in [0.2, 0.25) is 0 Å². The quantitative estimate of drug-likeness (QED) is 0.692. The van der Waals surface area contributed by atoms with E-state index in [2.05, 4.69) is 20.6 Å². The number of aromatic nitrogens is 2. The molecule has 0 unspecified atom stereocenters. The van der Waals surface area contributed by atoms with Crippen LogP contribution in [0.15, 0.2) is 54.9 Å². The van der Waals surface area contributed by atoms with Gasteiger partial charge in [0.2, 0.25) is 0 Å². The molecule has 0 aliphatic rings. The number of aryl methyl sites for hydroxylation is 1. The number of rotatable bonds is 6. The van der Waals surface area contributed by atoms with E-state index in [-0.39, 0.29) is 11.6 Å². The molecule has 1 heterocycles. The fourth-order valence-electron chi connectivity index (χ4n) is 2.53. The van der Waals surface area contributed by atoms with Crippen LogP contribution in [0.25, 0.3) is 0 Å². The maximum Gasteiger partial charge on any atom is 0.274 e. The van der Waals surface area contributed by atoms with Crippen LogP contribution >= 0.6 is 0 Å². The molecule has 0 aliphatic carbocycles. The van der Waals surface area contributed by atoms with Gasteiger partial charge < -0.3 is 20.1 Å². The van der Waals surface area contributed by atoms with Crippen molar-refractivity contribution in [1.82, 2.24) is 9.97 Å². The van der Waals surface area contributed by atoms with Crippen LogP contribution in [0.5, 0.6) is 11.5 Å². The van der Waals surface area contributed by atoms with Gasteiger partial charge in [-0.15, -0.1) is 0 Å². The van der Waals surface area contributed by atoms with Crippen LogP contribution in [0.4, 0.5) is 17.2 Å². The average Bonchev–Trinajstić information content (AvgIpc) is 2.68. The lowest BCUT2D eigenvalue weighted by Gasteiger charge is -2.11. The summed E-state index contributed by atoms with van der Waals surface area (Å²) < 4.78 is 10.4. The minimum absolute atomic E-state index is 0.245. The zero-order chi connectivity index (χ0) is 19.2. The lowest BCUT2D eigenvalue weighted by atomic mass is 10.2. The molecule has 0 atom stereocenters. The maximum atomic E-state index is 12.5. The summed E-state index contributed by atoms with van der Waals surface area (Å²) in [6, 6.07) is 14.6. The molecule has 2 aromatic carbocycles. The number of methoxy groups -OCH3 is 2. The molecule has 0 saturated carbocycles. The monoisotopic (exact) mass is 364 g/mol. The second kappa shape index (κ2) is 8.18. The first-order chi connectivity index (χ1) is 13.1. The van der Waals surface area contributed by atoms with E-state index >= 15 is 0 Å². The molecule has 1 aromatic heterocycles. The van der Waals surface area contributed by atoms with Gasteiger partial charge in [-0.3, -0.25) is 4.79 Å². The van der Waals surface area contributed by atoms with Crippen LogP contribution in [0, 0.1) is 6.92 Å². The third-order valence-corrected chi connectivity index (χ3v) is 3.83. The number of nitrogens with one attached hydrogen (secondary N) is 2. The second-order valence-corrected chi connectivity index (χ2v) is 5.81. The fourth-order valence-corrected chi connectivity index (χ4v) is 2.53. The molecule has 1 amide bonds. The van der Waals surface area contributed by atoms with E-state index in [4.69, 9.17) is 9.47 Å². The Labute approximate surface area is 157 Å². The number of anilines is 3. The van der Waals surface area contributed by atoms with Crippen molar-refractivity contribution in [2.75, 3.05) is 24.9 Å². The molecular formula is C20H20N4O3. The van der Waals surface area contributed by atoms with Crippen molar-refractivity contribution in [3.63, 3.8) is 0 Å². The largest absolute Gasteiger partial charge is 0.493 e. The molecule has 0 fully saturated rings. The molecular weight excluding hydrogens is 344 g/mol.